The molecule has 88 valence electrons. The molecule has 1 fully saturated rings. The first-order valence-corrected chi connectivity index (χ1v) is 6.02. The van der Waals surface area contributed by atoms with Crippen molar-refractivity contribution in [3.63, 3.8) is 0 Å². The van der Waals surface area contributed by atoms with E-state index in [1.165, 1.54) is 32.1 Å². The number of nitrogens with two attached hydrogens (primary N) is 1. The first kappa shape index (κ1) is 12.5. The zero-order chi connectivity index (χ0) is 11.3. The average molecular weight is 213 g/mol. The third-order valence-corrected chi connectivity index (χ3v) is 3.38. The summed E-state index contributed by atoms with van der Waals surface area (Å²) in [7, 11) is 0. The molecular weight excluding hydrogens is 190 g/mol. The van der Waals surface area contributed by atoms with Crippen LogP contribution < -0.4 is 5.73 Å². The van der Waals surface area contributed by atoms with Crippen molar-refractivity contribution in [1.82, 2.24) is 0 Å². The van der Waals surface area contributed by atoms with Gasteiger partial charge in [-0.25, -0.2) is 0 Å². The maximum absolute atomic E-state index is 11.6. The van der Waals surface area contributed by atoms with E-state index in [9.17, 15) is 4.79 Å². The molecule has 0 radical (unpaired) electrons. The summed E-state index contributed by atoms with van der Waals surface area (Å²) in [5.74, 6) is 0.311. The minimum absolute atomic E-state index is 0.254. The second-order valence-corrected chi connectivity index (χ2v) is 4.87. The summed E-state index contributed by atoms with van der Waals surface area (Å²) in [6.45, 7) is 4.20. The fraction of sp³-hybridized carbons (Fsp3) is 0.917. The number of ether oxygens (including phenoxy) is 1. The largest absolute Gasteiger partial charge is 0.464 e. The van der Waals surface area contributed by atoms with Crippen LogP contribution in [-0.2, 0) is 9.53 Å². The lowest BCUT2D eigenvalue weighted by atomic mass is 9.90. The van der Waals surface area contributed by atoms with Crippen molar-refractivity contribution in [2.24, 2.45) is 11.7 Å². The highest BCUT2D eigenvalue weighted by atomic mass is 16.5. The predicted octanol–water partition coefficient (Wildman–Crippen LogP) is 2.24. The Morgan fingerprint density at radius 1 is 1.40 bits per heavy atom. The van der Waals surface area contributed by atoms with Crippen LogP contribution >= 0.6 is 0 Å². The predicted molar refractivity (Wildman–Crippen MR) is 60.4 cm³/mol. The van der Waals surface area contributed by atoms with Gasteiger partial charge >= 0.3 is 5.97 Å². The molecule has 1 unspecified atom stereocenters. The van der Waals surface area contributed by atoms with Crippen LogP contribution in [0.3, 0.4) is 0 Å². The van der Waals surface area contributed by atoms with E-state index in [0.29, 0.717) is 18.9 Å². The van der Waals surface area contributed by atoms with Gasteiger partial charge in [-0.05, 0) is 32.1 Å². The highest BCUT2D eigenvalue weighted by molar-refractivity contribution is 5.79. The van der Waals surface area contributed by atoms with Crippen LogP contribution in [0.1, 0.15) is 52.4 Å². The SMILES string of the molecule is CCC(C)(N)C(=O)OCC1CCCCC1. The van der Waals surface area contributed by atoms with Crippen LogP contribution in [0.25, 0.3) is 0 Å². The van der Waals surface area contributed by atoms with Gasteiger partial charge in [0.1, 0.15) is 5.54 Å². The Morgan fingerprint density at radius 3 is 2.53 bits per heavy atom. The molecule has 15 heavy (non-hydrogen) atoms. The minimum atomic E-state index is -0.811. The lowest BCUT2D eigenvalue weighted by Gasteiger charge is -2.25. The van der Waals surface area contributed by atoms with E-state index in [4.69, 9.17) is 10.5 Å². The van der Waals surface area contributed by atoms with Crippen LogP contribution in [0, 0.1) is 5.92 Å². The van der Waals surface area contributed by atoms with Gasteiger partial charge in [-0.15, -0.1) is 0 Å². The lowest BCUT2D eigenvalue weighted by molar-refractivity contribution is -0.151. The molecule has 3 heteroatoms. The normalized spacial score (nSPS) is 22.1. The number of esters is 1. The maximum atomic E-state index is 11.6. The summed E-state index contributed by atoms with van der Waals surface area (Å²) in [5.41, 5.74) is 4.99. The van der Waals surface area contributed by atoms with Crippen molar-refractivity contribution in [3.05, 3.63) is 0 Å². The first-order chi connectivity index (χ1) is 7.06. The third-order valence-electron chi connectivity index (χ3n) is 3.38. The first-order valence-electron chi connectivity index (χ1n) is 6.02. The third kappa shape index (κ3) is 3.82. The number of hydrogen-bond donors (Lipinski definition) is 1. The van der Waals surface area contributed by atoms with Crippen LogP contribution in [0.5, 0.6) is 0 Å². The van der Waals surface area contributed by atoms with Gasteiger partial charge in [-0.2, -0.15) is 0 Å². The van der Waals surface area contributed by atoms with E-state index in [0.717, 1.165) is 0 Å². The number of carbonyl (C=O) groups excluding carboxylic acids is 1. The fourth-order valence-corrected chi connectivity index (χ4v) is 1.86. The topological polar surface area (TPSA) is 52.3 Å². The molecule has 0 aromatic heterocycles. The zero-order valence-electron chi connectivity index (χ0n) is 9.92. The molecular formula is C12H23NO2. The molecule has 0 aromatic rings. The summed E-state index contributed by atoms with van der Waals surface area (Å²) in [5, 5.41) is 0. The Bertz CT molecular complexity index is 208. The van der Waals surface area contributed by atoms with Gasteiger partial charge in [0.05, 0.1) is 6.61 Å². The summed E-state index contributed by atoms with van der Waals surface area (Å²) >= 11 is 0. The molecule has 0 spiro atoms. The summed E-state index contributed by atoms with van der Waals surface area (Å²) in [4.78, 5) is 11.6. The molecule has 0 heterocycles. The van der Waals surface area contributed by atoms with Crippen LogP contribution in [0.15, 0.2) is 0 Å². The Balaban J connectivity index is 2.26. The van der Waals surface area contributed by atoms with E-state index in [2.05, 4.69) is 0 Å². The monoisotopic (exact) mass is 213 g/mol. The summed E-state index contributed by atoms with van der Waals surface area (Å²) < 4.78 is 5.27. The maximum Gasteiger partial charge on any atom is 0.325 e. The minimum Gasteiger partial charge on any atom is -0.464 e. The van der Waals surface area contributed by atoms with Gasteiger partial charge in [0, 0.05) is 0 Å². The number of carbonyl (C=O) groups is 1. The summed E-state index contributed by atoms with van der Waals surface area (Å²) in [6, 6.07) is 0. The molecule has 1 rings (SSSR count). The van der Waals surface area contributed by atoms with Crippen molar-refractivity contribution in [2.45, 2.75) is 57.9 Å². The molecule has 3 nitrogen and oxygen atoms in total. The second-order valence-electron chi connectivity index (χ2n) is 4.87. The van der Waals surface area contributed by atoms with Crippen molar-refractivity contribution in [3.8, 4) is 0 Å². The van der Waals surface area contributed by atoms with Gasteiger partial charge in [0.15, 0.2) is 0 Å². The van der Waals surface area contributed by atoms with Crippen molar-refractivity contribution < 1.29 is 9.53 Å². The number of rotatable bonds is 4. The van der Waals surface area contributed by atoms with E-state index in [1.807, 2.05) is 6.92 Å². The molecule has 0 saturated heterocycles. The lowest BCUT2D eigenvalue weighted by Crippen LogP contribution is -2.45. The molecule has 1 saturated carbocycles. The fourth-order valence-electron chi connectivity index (χ4n) is 1.86. The smallest absolute Gasteiger partial charge is 0.325 e. The van der Waals surface area contributed by atoms with Gasteiger partial charge in [-0.1, -0.05) is 26.2 Å². The molecule has 0 aliphatic heterocycles. The standard InChI is InChI=1S/C12H23NO2/c1-3-12(2,13)11(14)15-9-10-7-5-4-6-8-10/h10H,3-9,13H2,1-2H3. The summed E-state index contributed by atoms with van der Waals surface area (Å²) in [6.07, 6.45) is 6.89. The molecule has 2 N–H and O–H groups in total. The molecule has 1 aliphatic rings. The van der Waals surface area contributed by atoms with Crippen molar-refractivity contribution in [1.29, 1.82) is 0 Å². The van der Waals surface area contributed by atoms with Crippen molar-refractivity contribution in [2.75, 3.05) is 6.61 Å². The molecule has 0 bridgehead atoms. The molecule has 0 aromatic carbocycles. The molecule has 1 aliphatic carbocycles. The highest BCUT2D eigenvalue weighted by Crippen LogP contribution is 2.24. The van der Waals surface area contributed by atoms with E-state index < -0.39 is 5.54 Å². The van der Waals surface area contributed by atoms with Gasteiger partial charge in [0.25, 0.3) is 0 Å². The quantitative estimate of drug-likeness (QED) is 0.729. The van der Waals surface area contributed by atoms with Gasteiger partial charge in [0.2, 0.25) is 0 Å². The van der Waals surface area contributed by atoms with Gasteiger partial charge < -0.3 is 10.5 Å². The zero-order valence-corrected chi connectivity index (χ0v) is 9.92. The van der Waals surface area contributed by atoms with E-state index in [-0.39, 0.29) is 5.97 Å². The highest BCUT2D eigenvalue weighted by Gasteiger charge is 2.28. The Hall–Kier alpha value is -0.570. The average Bonchev–Trinajstić information content (AvgIpc) is 2.27. The Labute approximate surface area is 92.4 Å². The van der Waals surface area contributed by atoms with E-state index in [1.54, 1.807) is 6.92 Å². The van der Waals surface area contributed by atoms with E-state index >= 15 is 0 Å². The van der Waals surface area contributed by atoms with Crippen molar-refractivity contribution >= 4 is 5.97 Å². The molecule has 0 amide bonds. The van der Waals surface area contributed by atoms with Gasteiger partial charge in [-0.3, -0.25) is 4.79 Å². The Morgan fingerprint density at radius 2 is 2.00 bits per heavy atom. The van der Waals surface area contributed by atoms with Crippen LogP contribution in [-0.4, -0.2) is 18.1 Å². The Kier molecular flexibility index (Phi) is 4.58. The van der Waals surface area contributed by atoms with Crippen LogP contribution in [0.2, 0.25) is 0 Å². The number of hydrogen-bond acceptors (Lipinski definition) is 3. The van der Waals surface area contributed by atoms with Crippen LogP contribution in [0.4, 0.5) is 0 Å². The second kappa shape index (κ2) is 5.50. The molecule has 1 atom stereocenters.